The molecule has 1 amide bonds. The summed E-state index contributed by atoms with van der Waals surface area (Å²) in [7, 11) is 0. The number of aryl methyl sites for hydroxylation is 1. The van der Waals surface area contributed by atoms with Gasteiger partial charge in [0.05, 0.1) is 18.3 Å². The fraction of sp³-hybridized carbons (Fsp3) is 0.286. The molecule has 0 saturated carbocycles. The van der Waals surface area contributed by atoms with Crippen molar-refractivity contribution < 1.29 is 9.90 Å². The molecule has 0 aliphatic rings. The van der Waals surface area contributed by atoms with Crippen LogP contribution >= 0.6 is 11.8 Å². The predicted molar refractivity (Wildman–Crippen MR) is 111 cm³/mol. The van der Waals surface area contributed by atoms with E-state index in [2.05, 4.69) is 27.2 Å². The monoisotopic (exact) mass is 396 g/mol. The van der Waals surface area contributed by atoms with Crippen molar-refractivity contribution in [2.24, 2.45) is 0 Å². The minimum absolute atomic E-state index is 0.174. The van der Waals surface area contributed by atoms with Crippen molar-refractivity contribution in [1.82, 2.24) is 20.3 Å². The fourth-order valence-electron chi connectivity index (χ4n) is 2.80. The Hall–Kier alpha value is -2.64. The molecular weight excluding hydrogens is 372 g/mol. The lowest BCUT2D eigenvalue weighted by molar-refractivity contribution is 0.0912. The lowest BCUT2D eigenvalue weighted by atomic mass is 10.1. The van der Waals surface area contributed by atoms with Crippen LogP contribution in [-0.2, 0) is 0 Å². The zero-order valence-corrected chi connectivity index (χ0v) is 16.8. The highest BCUT2D eigenvalue weighted by Crippen LogP contribution is 2.25. The molecule has 0 aliphatic carbocycles. The molecule has 0 saturated heterocycles. The SMILES string of the molecule is CCCSc1ncc(C)c(-c2c[nH]c(C(=O)NC(CO)c3ccccc3)c2)n1. The van der Waals surface area contributed by atoms with Crippen molar-refractivity contribution in [3.8, 4) is 11.3 Å². The molecule has 1 atom stereocenters. The van der Waals surface area contributed by atoms with Gasteiger partial charge in [0.25, 0.3) is 5.91 Å². The molecule has 0 radical (unpaired) electrons. The first-order valence-corrected chi connectivity index (χ1v) is 10.2. The number of aromatic amines is 1. The molecule has 146 valence electrons. The van der Waals surface area contributed by atoms with Crippen molar-refractivity contribution in [3.05, 3.63) is 65.6 Å². The van der Waals surface area contributed by atoms with E-state index in [0.29, 0.717) is 5.69 Å². The van der Waals surface area contributed by atoms with Gasteiger partial charge in [-0.15, -0.1) is 0 Å². The van der Waals surface area contributed by atoms with E-state index < -0.39 is 6.04 Å². The molecule has 3 N–H and O–H groups in total. The topological polar surface area (TPSA) is 90.9 Å². The van der Waals surface area contributed by atoms with Gasteiger partial charge in [-0.1, -0.05) is 49.0 Å². The number of amides is 1. The van der Waals surface area contributed by atoms with Gasteiger partial charge >= 0.3 is 0 Å². The molecule has 0 bridgehead atoms. The van der Waals surface area contributed by atoms with Crippen LogP contribution in [0.2, 0.25) is 0 Å². The Morgan fingerprint density at radius 2 is 2.11 bits per heavy atom. The van der Waals surface area contributed by atoms with E-state index in [1.54, 1.807) is 24.0 Å². The molecule has 3 aromatic rings. The van der Waals surface area contributed by atoms with Gasteiger partial charge in [0.15, 0.2) is 5.16 Å². The smallest absolute Gasteiger partial charge is 0.268 e. The van der Waals surface area contributed by atoms with Gasteiger partial charge in [-0.25, -0.2) is 9.97 Å². The van der Waals surface area contributed by atoms with E-state index in [1.165, 1.54) is 0 Å². The van der Waals surface area contributed by atoms with Gasteiger partial charge in [0, 0.05) is 23.7 Å². The average Bonchev–Trinajstić information content (AvgIpc) is 3.22. The number of H-pyrrole nitrogens is 1. The molecule has 1 unspecified atom stereocenters. The van der Waals surface area contributed by atoms with E-state index in [4.69, 9.17) is 0 Å². The Morgan fingerprint density at radius 1 is 1.32 bits per heavy atom. The number of aliphatic hydroxyl groups is 1. The maximum atomic E-state index is 12.6. The number of aliphatic hydroxyl groups excluding tert-OH is 1. The third-order valence-corrected chi connectivity index (χ3v) is 5.34. The summed E-state index contributed by atoms with van der Waals surface area (Å²) in [5.41, 5.74) is 3.87. The van der Waals surface area contributed by atoms with Crippen LogP contribution in [0.5, 0.6) is 0 Å². The van der Waals surface area contributed by atoms with Crippen LogP contribution in [-0.4, -0.2) is 38.3 Å². The Balaban J connectivity index is 1.77. The highest BCUT2D eigenvalue weighted by molar-refractivity contribution is 7.99. The molecule has 1 aromatic carbocycles. The zero-order chi connectivity index (χ0) is 19.9. The fourth-order valence-corrected chi connectivity index (χ4v) is 3.47. The first-order valence-electron chi connectivity index (χ1n) is 9.24. The van der Waals surface area contributed by atoms with Crippen molar-refractivity contribution >= 4 is 17.7 Å². The standard InChI is InChI=1S/C21H24N4O2S/c1-3-9-28-21-23-11-14(2)19(25-21)16-10-17(22-12-16)20(27)24-18(13-26)15-7-5-4-6-8-15/h4-8,10-12,18,22,26H,3,9,13H2,1-2H3,(H,24,27). The summed E-state index contributed by atoms with van der Waals surface area (Å²) in [6, 6.07) is 10.7. The largest absolute Gasteiger partial charge is 0.394 e. The lowest BCUT2D eigenvalue weighted by Crippen LogP contribution is -2.30. The Kier molecular flexibility index (Phi) is 6.84. The molecule has 0 aliphatic heterocycles. The van der Waals surface area contributed by atoms with E-state index in [9.17, 15) is 9.90 Å². The summed E-state index contributed by atoms with van der Waals surface area (Å²) < 4.78 is 0. The first-order chi connectivity index (χ1) is 13.6. The maximum absolute atomic E-state index is 12.6. The summed E-state index contributed by atoms with van der Waals surface area (Å²) >= 11 is 1.62. The van der Waals surface area contributed by atoms with E-state index >= 15 is 0 Å². The number of carbonyl (C=O) groups excluding carboxylic acids is 1. The molecule has 2 aromatic heterocycles. The van der Waals surface area contributed by atoms with Crippen molar-refractivity contribution in [3.63, 3.8) is 0 Å². The molecule has 6 nitrogen and oxygen atoms in total. The van der Waals surface area contributed by atoms with Crippen molar-refractivity contribution in [2.45, 2.75) is 31.5 Å². The Bertz CT molecular complexity index is 927. The number of benzene rings is 1. The summed E-state index contributed by atoms with van der Waals surface area (Å²) in [6.07, 6.45) is 4.64. The average molecular weight is 397 g/mol. The highest BCUT2D eigenvalue weighted by atomic mass is 32.2. The quantitative estimate of drug-likeness (QED) is 0.398. The second kappa shape index (κ2) is 9.52. The molecule has 0 spiro atoms. The normalized spacial score (nSPS) is 12.0. The Morgan fingerprint density at radius 3 is 2.82 bits per heavy atom. The summed E-state index contributed by atoms with van der Waals surface area (Å²) in [5.74, 6) is 0.687. The van der Waals surface area contributed by atoms with Crippen molar-refractivity contribution in [1.29, 1.82) is 0 Å². The van der Waals surface area contributed by atoms with Crippen LogP contribution in [0.1, 0.15) is 41.0 Å². The third-order valence-electron chi connectivity index (χ3n) is 4.28. The van der Waals surface area contributed by atoms with Crippen LogP contribution in [0.15, 0.2) is 53.9 Å². The van der Waals surface area contributed by atoms with Gasteiger partial charge in [0.2, 0.25) is 0 Å². The maximum Gasteiger partial charge on any atom is 0.268 e. The number of rotatable bonds is 8. The van der Waals surface area contributed by atoms with Gasteiger partial charge < -0.3 is 15.4 Å². The molecule has 3 rings (SSSR count). The number of hydrogen-bond donors (Lipinski definition) is 3. The molecular formula is C21H24N4O2S. The van der Waals surface area contributed by atoms with Crippen LogP contribution in [0.25, 0.3) is 11.3 Å². The van der Waals surface area contributed by atoms with Gasteiger partial charge in [-0.05, 0) is 30.5 Å². The zero-order valence-electron chi connectivity index (χ0n) is 16.0. The van der Waals surface area contributed by atoms with Crippen LogP contribution in [0.4, 0.5) is 0 Å². The minimum Gasteiger partial charge on any atom is -0.394 e. The van der Waals surface area contributed by atoms with E-state index in [-0.39, 0.29) is 12.5 Å². The second-order valence-corrected chi connectivity index (χ2v) is 7.52. The number of nitrogens with one attached hydrogen (secondary N) is 2. The predicted octanol–water partition coefficient (Wildman–Crippen LogP) is 3.75. The molecule has 2 heterocycles. The molecule has 28 heavy (non-hydrogen) atoms. The number of hydrogen-bond acceptors (Lipinski definition) is 5. The second-order valence-electron chi connectivity index (χ2n) is 6.45. The van der Waals surface area contributed by atoms with Crippen LogP contribution < -0.4 is 5.32 Å². The Labute approximate surface area is 168 Å². The summed E-state index contributed by atoms with van der Waals surface area (Å²) in [5, 5.41) is 13.2. The summed E-state index contributed by atoms with van der Waals surface area (Å²) in [6.45, 7) is 3.90. The van der Waals surface area contributed by atoms with Crippen molar-refractivity contribution in [2.75, 3.05) is 12.4 Å². The highest BCUT2D eigenvalue weighted by Gasteiger charge is 2.17. The first kappa shape index (κ1) is 20.1. The van der Waals surface area contributed by atoms with Gasteiger partial charge in [0.1, 0.15) is 5.69 Å². The third kappa shape index (κ3) is 4.79. The van der Waals surface area contributed by atoms with Crippen LogP contribution in [0, 0.1) is 6.92 Å². The number of thioether (sulfide) groups is 1. The minimum atomic E-state index is -0.460. The van der Waals surface area contributed by atoms with Gasteiger partial charge in [-0.3, -0.25) is 4.79 Å². The van der Waals surface area contributed by atoms with E-state index in [1.807, 2.05) is 43.5 Å². The van der Waals surface area contributed by atoms with E-state index in [0.717, 1.165) is 39.7 Å². The lowest BCUT2D eigenvalue weighted by Gasteiger charge is -2.16. The number of nitrogens with zero attached hydrogens (tertiary/aromatic N) is 2. The number of carbonyl (C=O) groups is 1. The van der Waals surface area contributed by atoms with Crippen LogP contribution in [0.3, 0.4) is 0 Å². The molecule has 0 fully saturated rings. The molecule has 7 heteroatoms. The van der Waals surface area contributed by atoms with Gasteiger partial charge in [-0.2, -0.15) is 0 Å². The number of aromatic nitrogens is 3. The summed E-state index contributed by atoms with van der Waals surface area (Å²) in [4.78, 5) is 24.6.